The van der Waals surface area contributed by atoms with Crippen LogP contribution >= 0.6 is 0 Å². The average Bonchev–Trinajstić information content (AvgIpc) is 3.28. The molecule has 1 aromatic rings. The van der Waals surface area contributed by atoms with Crippen LogP contribution in [0.25, 0.3) is 0 Å². The van der Waals surface area contributed by atoms with Crippen LogP contribution in [0.4, 0.5) is 0 Å². The van der Waals surface area contributed by atoms with Crippen LogP contribution in [0.5, 0.6) is 5.75 Å². The van der Waals surface area contributed by atoms with Gasteiger partial charge in [0.2, 0.25) is 0 Å². The van der Waals surface area contributed by atoms with E-state index in [0.29, 0.717) is 18.2 Å². The Balaban J connectivity index is 1.40. The van der Waals surface area contributed by atoms with E-state index in [0.717, 1.165) is 44.4 Å². The fraction of sp³-hybridized carbons (Fsp3) is 0.667. The SMILES string of the molecule is C#CC1(O)CCC2N3CCc4cc(OC5CCCC5)ccc4C3CCC21C. The van der Waals surface area contributed by atoms with Gasteiger partial charge in [0, 0.05) is 24.0 Å². The third kappa shape index (κ3) is 2.57. The number of piperidine rings is 1. The Hall–Kier alpha value is -1.50. The molecule has 0 radical (unpaired) electrons. The number of ether oxygens (including phenoxy) is 1. The Labute approximate surface area is 163 Å². The zero-order valence-electron chi connectivity index (χ0n) is 16.4. The highest BCUT2D eigenvalue weighted by molar-refractivity contribution is 5.40. The van der Waals surface area contributed by atoms with Crippen molar-refractivity contribution in [2.75, 3.05) is 6.54 Å². The smallest absolute Gasteiger partial charge is 0.132 e. The van der Waals surface area contributed by atoms with E-state index >= 15 is 0 Å². The second kappa shape index (κ2) is 6.26. The molecule has 0 aromatic heterocycles. The molecule has 4 unspecified atom stereocenters. The lowest BCUT2D eigenvalue weighted by Gasteiger charge is -2.54. The summed E-state index contributed by atoms with van der Waals surface area (Å²) in [4.78, 5) is 2.65. The highest BCUT2D eigenvalue weighted by atomic mass is 16.5. The number of hydrogen-bond donors (Lipinski definition) is 1. The van der Waals surface area contributed by atoms with Gasteiger partial charge in [-0.15, -0.1) is 6.42 Å². The van der Waals surface area contributed by atoms with Crippen molar-refractivity contribution in [1.29, 1.82) is 0 Å². The van der Waals surface area contributed by atoms with Gasteiger partial charge in [0.1, 0.15) is 11.4 Å². The van der Waals surface area contributed by atoms with Crippen LogP contribution < -0.4 is 4.74 Å². The molecule has 2 heterocycles. The van der Waals surface area contributed by atoms with E-state index in [2.05, 4.69) is 35.9 Å². The second-order valence-electron chi connectivity index (χ2n) is 9.40. The highest BCUT2D eigenvalue weighted by Gasteiger charge is 2.60. The van der Waals surface area contributed by atoms with Crippen molar-refractivity contribution in [3.05, 3.63) is 29.3 Å². The van der Waals surface area contributed by atoms with Gasteiger partial charge < -0.3 is 9.84 Å². The summed E-state index contributed by atoms with van der Waals surface area (Å²) >= 11 is 0. The molecule has 0 amide bonds. The maximum Gasteiger partial charge on any atom is 0.132 e. The molecule has 2 aliphatic carbocycles. The maximum absolute atomic E-state index is 11.0. The third-order valence-electron chi connectivity index (χ3n) is 8.15. The zero-order chi connectivity index (χ0) is 18.6. The summed E-state index contributed by atoms with van der Waals surface area (Å²) in [6, 6.07) is 7.64. The fourth-order valence-corrected chi connectivity index (χ4v) is 6.48. The van der Waals surface area contributed by atoms with E-state index in [1.807, 2.05) is 0 Å². The van der Waals surface area contributed by atoms with Gasteiger partial charge in [-0.3, -0.25) is 4.90 Å². The van der Waals surface area contributed by atoms with Crippen molar-refractivity contribution >= 4 is 0 Å². The number of aliphatic hydroxyl groups is 1. The summed E-state index contributed by atoms with van der Waals surface area (Å²) in [5.74, 6) is 3.80. The van der Waals surface area contributed by atoms with Gasteiger partial charge in [0.25, 0.3) is 0 Å². The van der Waals surface area contributed by atoms with E-state index in [-0.39, 0.29) is 5.41 Å². The number of hydrogen-bond acceptors (Lipinski definition) is 3. The molecule has 0 bridgehead atoms. The quantitative estimate of drug-likeness (QED) is 0.796. The molecule has 4 aliphatic rings. The van der Waals surface area contributed by atoms with E-state index in [1.165, 1.54) is 36.8 Å². The van der Waals surface area contributed by atoms with Gasteiger partial charge in [0.05, 0.1) is 6.10 Å². The first-order chi connectivity index (χ1) is 13.0. The largest absolute Gasteiger partial charge is 0.490 e. The number of fused-ring (bicyclic) bond motifs is 5. The molecule has 3 heteroatoms. The first-order valence-electron chi connectivity index (χ1n) is 10.8. The Bertz CT molecular complexity index is 777. The van der Waals surface area contributed by atoms with Crippen LogP contribution in [0.3, 0.4) is 0 Å². The summed E-state index contributed by atoms with van der Waals surface area (Å²) < 4.78 is 6.24. The van der Waals surface area contributed by atoms with Crippen molar-refractivity contribution in [3.63, 3.8) is 0 Å². The monoisotopic (exact) mass is 365 g/mol. The van der Waals surface area contributed by atoms with E-state index in [1.54, 1.807) is 0 Å². The number of benzene rings is 1. The van der Waals surface area contributed by atoms with Crippen LogP contribution in [-0.4, -0.2) is 34.3 Å². The van der Waals surface area contributed by atoms with Gasteiger partial charge in [-0.1, -0.05) is 18.9 Å². The first kappa shape index (κ1) is 17.6. The summed E-state index contributed by atoms with van der Waals surface area (Å²) in [6.07, 6.45) is 16.1. The third-order valence-corrected chi connectivity index (χ3v) is 8.15. The van der Waals surface area contributed by atoms with E-state index < -0.39 is 5.60 Å². The molecule has 1 aromatic carbocycles. The number of rotatable bonds is 2. The molecule has 27 heavy (non-hydrogen) atoms. The molecule has 3 fully saturated rings. The van der Waals surface area contributed by atoms with Gasteiger partial charge >= 0.3 is 0 Å². The van der Waals surface area contributed by atoms with Crippen molar-refractivity contribution < 1.29 is 9.84 Å². The standard InChI is InChI=1S/C24H31NO2/c1-3-24(26)14-11-22-23(24,2)13-10-21-20-9-8-19(27-18-6-4-5-7-18)16-17(20)12-15-25(21)22/h1,8-9,16,18,21-22,26H,4-7,10-15H2,2H3. The maximum atomic E-state index is 11.0. The van der Waals surface area contributed by atoms with Crippen LogP contribution in [0.1, 0.15) is 75.5 Å². The van der Waals surface area contributed by atoms with E-state index in [4.69, 9.17) is 11.2 Å². The number of terminal acetylenes is 1. The molecule has 4 atom stereocenters. The average molecular weight is 366 g/mol. The van der Waals surface area contributed by atoms with Crippen LogP contribution in [0.15, 0.2) is 18.2 Å². The zero-order valence-corrected chi connectivity index (χ0v) is 16.4. The van der Waals surface area contributed by atoms with Gasteiger partial charge in [-0.2, -0.15) is 0 Å². The minimum atomic E-state index is -0.943. The van der Waals surface area contributed by atoms with Crippen LogP contribution in [0.2, 0.25) is 0 Å². The van der Waals surface area contributed by atoms with Crippen molar-refractivity contribution in [2.45, 2.75) is 88.5 Å². The highest BCUT2D eigenvalue weighted by Crippen LogP contribution is 2.58. The fourth-order valence-electron chi connectivity index (χ4n) is 6.48. The molecular weight excluding hydrogens is 334 g/mol. The van der Waals surface area contributed by atoms with Crippen LogP contribution in [0, 0.1) is 17.8 Å². The Kier molecular flexibility index (Phi) is 4.08. The van der Waals surface area contributed by atoms with E-state index in [9.17, 15) is 5.11 Å². The molecule has 0 spiro atoms. The Morgan fingerprint density at radius 2 is 2.00 bits per heavy atom. The summed E-state index contributed by atoms with van der Waals surface area (Å²) in [7, 11) is 0. The molecule has 1 saturated heterocycles. The van der Waals surface area contributed by atoms with Gasteiger partial charge in [-0.05, 0) is 81.0 Å². The predicted octanol–water partition coefficient (Wildman–Crippen LogP) is 4.23. The molecule has 3 nitrogen and oxygen atoms in total. The first-order valence-corrected chi connectivity index (χ1v) is 10.8. The van der Waals surface area contributed by atoms with Crippen LogP contribution in [-0.2, 0) is 6.42 Å². The predicted molar refractivity (Wildman–Crippen MR) is 107 cm³/mol. The Morgan fingerprint density at radius 1 is 1.19 bits per heavy atom. The van der Waals surface area contributed by atoms with Gasteiger partial charge in [0.15, 0.2) is 0 Å². The lowest BCUT2D eigenvalue weighted by molar-refractivity contribution is -0.0839. The molecule has 144 valence electrons. The number of nitrogens with zero attached hydrogens (tertiary/aromatic N) is 1. The van der Waals surface area contributed by atoms with Gasteiger partial charge in [-0.25, -0.2) is 0 Å². The molecular formula is C24H31NO2. The minimum Gasteiger partial charge on any atom is -0.490 e. The second-order valence-corrected chi connectivity index (χ2v) is 9.40. The molecule has 1 N–H and O–H groups in total. The lowest BCUT2D eigenvalue weighted by atomic mass is 9.66. The summed E-state index contributed by atoms with van der Waals surface area (Å²) in [6.45, 7) is 3.28. The van der Waals surface area contributed by atoms with Crippen molar-refractivity contribution in [1.82, 2.24) is 4.90 Å². The Morgan fingerprint density at radius 3 is 2.78 bits per heavy atom. The lowest BCUT2D eigenvalue weighted by Crippen LogP contribution is -2.57. The molecule has 2 saturated carbocycles. The molecule has 5 rings (SSSR count). The topological polar surface area (TPSA) is 32.7 Å². The minimum absolute atomic E-state index is 0.179. The summed E-state index contributed by atoms with van der Waals surface area (Å²) in [5, 5.41) is 11.0. The van der Waals surface area contributed by atoms with Crippen molar-refractivity contribution in [2.24, 2.45) is 5.41 Å². The summed E-state index contributed by atoms with van der Waals surface area (Å²) in [5.41, 5.74) is 1.81. The van der Waals surface area contributed by atoms with Crippen molar-refractivity contribution in [3.8, 4) is 18.1 Å². The normalized spacial score (nSPS) is 38.7. The molecule has 2 aliphatic heterocycles.